The maximum Gasteiger partial charge on any atom is 0.387 e. The molecule has 172 valence electrons. The molecule has 0 saturated carbocycles. The minimum atomic E-state index is -3.14. The number of benzene rings is 2. The van der Waals surface area contributed by atoms with Crippen LogP contribution in [-0.4, -0.2) is 44.3 Å². The van der Waals surface area contributed by atoms with Crippen LogP contribution in [0.25, 0.3) is 0 Å². The Hall–Kier alpha value is -3.89. The summed E-state index contributed by atoms with van der Waals surface area (Å²) in [4.78, 5) is 36.0. The van der Waals surface area contributed by atoms with Gasteiger partial charge in [-0.25, -0.2) is 9.59 Å². The molecule has 2 aromatic carbocycles. The van der Waals surface area contributed by atoms with Gasteiger partial charge in [-0.15, -0.1) is 0 Å². The summed E-state index contributed by atoms with van der Waals surface area (Å²) in [7, 11) is 0. The van der Waals surface area contributed by atoms with Gasteiger partial charge in [0, 0.05) is 11.8 Å². The highest BCUT2D eigenvalue weighted by Crippen LogP contribution is 2.30. The largest absolute Gasteiger partial charge is 0.490 e. The highest BCUT2D eigenvalue weighted by molar-refractivity contribution is 6.02. The molecule has 2 N–H and O–H groups in total. The van der Waals surface area contributed by atoms with E-state index in [1.165, 1.54) is 24.3 Å². The molecular formula is C21H22F2N2O7. The third kappa shape index (κ3) is 7.42. The Bertz CT molecular complexity index is 953. The molecule has 0 aliphatic heterocycles. The van der Waals surface area contributed by atoms with Crippen molar-refractivity contribution in [3.63, 3.8) is 0 Å². The van der Waals surface area contributed by atoms with E-state index in [1.807, 2.05) is 12.2 Å². The Kier molecular flexibility index (Phi) is 9.21. The summed E-state index contributed by atoms with van der Waals surface area (Å²) in [6, 6.07) is 8.97. The number of hydrogen-bond donors (Lipinski definition) is 2. The van der Waals surface area contributed by atoms with Gasteiger partial charge < -0.3 is 24.3 Å². The van der Waals surface area contributed by atoms with Crippen molar-refractivity contribution < 1.29 is 42.1 Å². The first-order valence-electron chi connectivity index (χ1n) is 9.55. The fourth-order valence-corrected chi connectivity index (χ4v) is 2.50. The third-order valence-electron chi connectivity index (χ3n) is 3.71. The fourth-order valence-electron chi connectivity index (χ4n) is 2.50. The Morgan fingerprint density at radius 3 is 2.31 bits per heavy atom. The quantitative estimate of drug-likeness (QED) is 0.530. The summed E-state index contributed by atoms with van der Waals surface area (Å²) in [6.45, 7) is 0.466. The van der Waals surface area contributed by atoms with E-state index in [0.717, 1.165) is 6.07 Å². The minimum absolute atomic E-state index is 0.289. The highest BCUT2D eigenvalue weighted by Gasteiger charge is 2.18. The van der Waals surface area contributed by atoms with E-state index in [0.29, 0.717) is 30.4 Å². The third-order valence-corrected chi connectivity index (χ3v) is 3.71. The molecule has 0 atom stereocenters. The summed E-state index contributed by atoms with van der Waals surface area (Å²) in [6.07, 6.45) is 0. The van der Waals surface area contributed by atoms with Crippen LogP contribution in [0.1, 0.15) is 24.2 Å². The van der Waals surface area contributed by atoms with E-state index >= 15 is 0 Å². The Balaban J connectivity index is 1.90. The first kappa shape index (κ1) is 24.4. The van der Waals surface area contributed by atoms with Crippen molar-refractivity contribution in [1.82, 2.24) is 5.32 Å². The van der Waals surface area contributed by atoms with Gasteiger partial charge in [-0.1, -0.05) is 12.1 Å². The van der Waals surface area contributed by atoms with Crippen molar-refractivity contribution >= 4 is 23.6 Å². The van der Waals surface area contributed by atoms with Crippen LogP contribution in [0.3, 0.4) is 0 Å². The summed E-state index contributed by atoms with van der Waals surface area (Å²) >= 11 is 0. The van der Waals surface area contributed by atoms with E-state index in [9.17, 15) is 23.2 Å². The number of esters is 1. The number of anilines is 1. The van der Waals surface area contributed by atoms with E-state index in [2.05, 4.69) is 10.1 Å². The van der Waals surface area contributed by atoms with E-state index in [4.69, 9.17) is 14.2 Å². The Labute approximate surface area is 182 Å². The van der Waals surface area contributed by atoms with Crippen LogP contribution in [0.4, 0.5) is 19.3 Å². The molecule has 0 spiro atoms. The number of hydrogen-bond acceptors (Lipinski definition) is 7. The lowest BCUT2D eigenvalue weighted by molar-refractivity contribution is -0.123. The fraction of sp³-hybridized carbons (Fsp3) is 0.286. The van der Waals surface area contributed by atoms with Crippen LogP contribution in [0.5, 0.6) is 17.2 Å². The number of rotatable bonds is 10. The predicted molar refractivity (Wildman–Crippen MR) is 109 cm³/mol. The molecule has 0 aliphatic carbocycles. The van der Waals surface area contributed by atoms with Crippen molar-refractivity contribution in [2.24, 2.45) is 0 Å². The number of para-hydroxylation sites is 1. The summed E-state index contributed by atoms with van der Waals surface area (Å²) in [5, 5.41) is 4.42. The van der Waals surface area contributed by atoms with Gasteiger partial charge in [-0.05, 0) is 38.1 Å². The Morgan fingerprint density at radius 2 is 1.62 bits per heavy atom. The van der Waals surface area contributed by atoms with E-state index in [-0.39, 0.29) is 5.56 Å². The number of carbonyl (C=O) groups excluding carboxylic acids is 3. The van der Waals surface area contributed by atoms with E-state index < -0.39 is 36.9 Å². The van der Waals surface area contributed by atoms with Crippen molar-refractivity contribution in [3.05, 3.63) is 48.0 Å². The maximum absolute atomic E-state index is 12.4. The van der Waals surface area contributed by atoms with Crippen LogP contribution < -0.4 is 24.8 Å². The van der Waals surface area contributed by atoms with Gasteiger partial charge in [0.05, 0.1) is 13.2 Å². The standard InChI is InChI=1S/C21H22F2N2O7/c1-3-29-16-10-9-13(11-17(16)30-4-2)24-21(28)25-18(26)12-31-19(27)14-7-5-6-8-15(14)32-20(22)23/h5-11,20H,3-4,12H2,1-2H3,(H2,24,25,26,28). The minimum Gasteiger partial charge on any atom is -0.490 e. The molecule has 32 heavy (non-hydrogen) atoms. The summed E-state index contributed by atoms with van der Waals surface area (Å²) < 4.78 is 44.7. The zero-order chi connectivity index (χ0) is 23.5. The molecule has 0 bridgehead atoms. The van der Waals surface area contributed by atoms with Crippen LogP contribution in [0.15, 0.2) is 42.5 Å². The lowest BCUT2D eigenvalue weighted by Crippen LogP contribution is -2.37. The van der Waals surface area contributed by atoms with Crippen LogP contribution in [-0.2, 0) is 9.53 Å². The number of imide groups is 1. The number of urea groups is 1. The summed E-state index contributed by atoms with van der Waals surface area (Å²) in [5.41, 5.74) is 0.0418. The number of halogens is 2. The second-order valence-corrected chi connectivity index (χ2v) is 5.98. The topological polar surface area (TPSA) is 112 Å². The normalized spacial score (nSPS) is 10.3. The molecule has 0 aliphatic rings. The van der Waals surface area contributed by atoms with Gasteiger partial charge in [0.15, 0.2) is 18.1 Å². The monoisotopic (exact) mass is 452 g/mol. The van der Waals surface area contributed by atoms with Crippen molar-refractivity contribution in [1.29, 1.82) is 0 Å². The molecule has 0 unspecified atom stereocenters. The van der Waals surface area contributed by atoms with Gasteiger partial charge in [-0.2, -0.15) is 8.78 Å². The smallest absolute Gasteiger partial charge is 0.387 e. The molecule has 9 nitrogen and oxygen atoms in total. The second-order valence-electron chi connectivity index (χ2n) is 5.98. The lowest BCUT2D eigenvalue weighted by Gasteiger charge is -2.13. The molecule has 0 saturated heterocycles. The first-order chi connectivity index (χ1) is 15.3. The molecule has 0 aromatic heterocycles. The number of ether oxygens (including phenoxy) is 4. The summed E-state index contributed by atoms with van der Waals surface area (Å²) in [5.74, 6) is -1.48. The lowest BCUT2D eigenvalue weighted by atomic mass is 10.2. The second kappa shape index (κ2) is 12.1. The maximum atomic E-state index is 12.4. The molecule has 0 radical (unpaired) electrons. The Morgan fingerprint density at radius 1 is 0.938 bits per heavy atom. The van der Waals surface area contributed by atoms with Crippen LogP contribution in [0.2, 0.25) is 0 Å². The average Bonchev–Trinajstić information content (AvgIpc) is 2.74. The van der Waals surface area contributed by atoms with Gasteiger partial charge in [-0.3, -0.25) is 10.1 Å². The van der Waals surface area contributed by atoms with Gasteiger partial charge in [0.25, 0.3) is 5.91 Å². The molecule has 0 fully saturated rings. The molecule has 2 rings (SSSR count). The van der Waals surface area contributed by atoms with E-state index in [1.54, 1.807) is 19.1 Å². The molecule has 11 heteroatoms. The van der Waals surface area contributed by atoms with Gasteiger partial charge in [0.1, 0.15) is 11.3 Å². The number of alkyl halides is 2. The zero-order valence-corrected chi connectivity index (χ0v) is 17.4. The van der Waals surface area contributed by atoms with Crippen molar-refractivity contribution in [2.75, 3.05) is 25.1 Å². The molecule has 2 aromatic rings. The number of amides is 3. The number of carbonyl (C=O) groups is 3. The molecule has 0 heterocycles. The van der Waals surface area contributed by atoms with Crippen LogP contribution in [0, 0.1) is 0 Å². The van der Waals surface area contributed by atoms with Crippen molar-refractivity contribution in [3.8, 4) is 17.2 Å². The predicted octanol–water partition coefficient (Wildman–Crippen LogP) is 3.59. The zero-order valence-electron chi connectivity index (χ0n) is 17.4. The van der Waals surface area contributed by atoms with Crippen molar-refractivity contribution in [2.45, 2.75) is 20.5 Å². The number of nitrogens with one attached hydrogen (secondary N) is 2. The molecular weight excluding hydrogens is 430 g/mol. The van der Waals surface area contributed by atoms with Gasteiger partial charge in [0.2, 0.25) is 0 Å². The first-order valence-corrected chi connectivity index (χ1v) is 9.55. The SMILES string of the molecule is CCOc1ccc(NC(=O)NC(=O)COC(=O)c2ccccc2OC(F)F)cc1OCC. The highest BCUT2D eigenvalue weighted by atomic mass is 19.3. The molecule has 3 amide bonds. The van der Waals surface area contributed by atoms with Gasteiger partial charge >= 0.3 is 18.6 Å². The average molecular weight is 452 g/mol. The van der Waals surface area contributed by atoms with Crippen LogP contribution >= 0.6 is 0 Å².